The Hall–Kier alpha value is -1.03. The van der Waals surface area contributed by atoms with Crippen LogP contribution in [-0.2, 0) is 16.4 Å². The highest BCUT2D eigenvalue weighted by Crippen LogP contribution is 2.27. The van der Waals surface area contributed by atoms with Crippen molar-refractivity contribution in [1.82, 2.24) is 4.57 Å². The number of rotatable bonds is 11. The molecule has 1 aromatic rings. The summed E-state index contributed by atoms with van der Waals surface area (Å²) in [5, 5.41) is 1.31. The van der Waals surface area contributed by atoms with E-state index in [9.17, 15) is 8.42 Å². The summed E-state index contributed by atoms with van der Waals surface area (Å²) in [6.45, 7) is 3.18. The van der Waals surface area contributed by atoms with Crippen molar-refractivity contribution in [2.75, 3.05) is 0 Å². The summed E-state index contributed by atoms with van der Waals surface area (Å²) in [5.74, 6) is 0. The van der Waals surface area contributed by atoms with Crippen molar-refractivity contribution < 1.29 is 8.42 Å². The summed E-state index contributed by atoms with van der Waals surface area (Å²) >= 11 is 0. The van der Waals surface area contributed by atoms with E-state index in [2.05, 4.69) is 11.5 Å². The zero-order valence-electron chi connectivity index (χ0n) is 13.8. The minimum atomic E-state index is -3.14. The van der Waals surface area contributed by atoms with Crippen LogP contribution in [-0.4, -0.2) is 13.0 Å². The quantitative estimate of drug-likeness (QED) is 0.527. The van der Waals surface area contributed by atoms with E-state index in [1.165, 1.54) is 63.2 Å². The van der Waals surface area contributed by atoms with Crippen LogP contribution in [0, 0.1) is 0 Å². The Morgan fingerprint density at radius 1 is 0.909 bits per heavy atom. The Balaban J connectivity index is 1.56. The molecule has 0 atom stereocenters. The van der Waals surface area contributed by atoms with Gasteiger partial charge in [0.05, 0.1) is 10.6 Å². The summed E-state index contributed by atoms with van der Waals surface area (Å²) in [6, 6.07) is 1.72. The first kappa shape index (κ1) is 17.3. The summed E-state index contributed by atoms with van der Waals surface area (Å²) in [6.07, 6.45) is 16.9. The van der Waals surface area contributed by atoms with Gasteiger partial charge in [-0.2, -0.15) is 0 Å². The van der Waals surface area contributed by atoms with Gasteiger partial charge in [-0.15, -0.1) is 0 Å². The van der Waals surface area contributed by atoms with Gasteiger partial charge in [-0.05, 0) is 18.6 Å². The SMILES string of the molecule is CCCCCCCCCCCCn1ccc2c1C=CS2(=O)=O. The average molecular weight is 324 g/mol. The number of hydrogen-bond donors (Lipinski definition) is 0. The van der Waals surface area contributed by atoms with E-state index in [-0.39, 0.29) is 0 Å². The molecule has 22 heavy (non-hydrogen) atoms. The van der Waals surface area contributed by atoms with Crippen LogP contribution in [0.1, 0.15) is 76.8 Å². The molecular weight excluding hydrogens is 294 g/mol. The van der Waals surface area contributed by atoms with Gasteiger partial charge in [-0.25, -0.2) is 8.42 Å². The highest BCUT2D eigenvalue weighted by Gasteiger charge is 2.23. The molecule has 1 aromatic heterocycles. The van der Waals surface area contributed by atoms with E-state index in [0.717, 1.165) is 18.7 Å². The second kappa shape index (κ2) is 8.56. The molecule has 1 aliphatic rings. The van der Waals surface area contributed by atoms with Crippen molar-refractivity contribution in [3.63, 3.8) is 0 Å². The summed E-state index contributed by atoms with van der Waals surface area (Å²) in [5.41, 5.74) is 0.857. The Kier molecular flexibility index (Phi) is 6.74. The number of fused-ring (bicyclic) bond motifs is 1. The molecule has 4 heteroatoms. The Labute approximate surface area is 135 Å². The maximum absolute atomic E-state index is 11.7. The van der Waals surface area contributed by atoms with Gasteiger partial charge in [0.15, 0.2) is 0 Å². The third-order valence-electron chi connectivity index (χ3n) is 4.43. The number of aromatic nitrogens is 1. The lowest BCUT2D eigenvalue weighted by atomic mass is 10.1. The average Bonchev–Trinajstić information content (AvgIpc) is 3.03. The van der Waals surface area contributed by atoms with Crippen LogP contribution in [0.2, 0.25) is 0 Å². The largest absolute Gasteiger partial charge is 0.347 e. The molecule has 0 aliphatic carbocycles. The van der Waals surface area contributed by atoms with Gasteiger partial charge in [-0.1, -0.05) is 64.7 Å². The van der Waals surface area contributed by atoms with Gasteiger partial charge in [0.25, 0.3) is 0 Å². The minimum absolute atomic E-state index is 0.472. The molecular formula is C18H29NO2S. The molecule has 0 amide bonds. The molecule has 0 unspecified atom stereocenters. The second-order valence-corrected chi connectivity index (χ2v) is 8.09. The zero-order chi connectivity index (χ0) is 15.8. The molecule has 0 N–H and O–H groups in total. The zero-order valence-corrected chi connectivity index (χ0v) is 14.6. The van der Waals surface area contributed by atoms with Crippen LogP contribution in [0.15, 0.2) is 22.6 Å². The third kappa shape index (κ3) is 4.73. The molecule has 0 saturated carbocycles. The van der Waals surface area contributed by atoms with Crippen LogP contribution in [0.25, 0.3) is 6.08 Å². The number of hydrogen-bond acceptors (Lipinski definition) is 2. The van der Waals surface area contributed by atoms with E-state index in [1.807, 2.05) is 6.20 Å². The maximum atomic E-state index is 11.7. The number of aryl methyl sites for hydroxylation is 1. The first-order valence-electron chi connectivity index (χ1n) is 8.77. The first-order valence-corrected chi connectivity index (χ1v) is 10.3. The summed E-state index contributed by atoms with van der Waals surface area (Å²) in [7, 11) is -3.14. The van der Waals surface area contributed by atoms with E-state index in [0.29, 0.717) is 4.90 Å². The van der Waals surface area contributed by atoms with Crippen molar-refractivity contribution >= 4 is 15.9 Å². The molecule has 0 radical (unpaired) electrons. The van der Waals surface area contributed by atoms with Crippen molar-refractivity contribution in [3.05, 3.63) is 23.4 Å². The smallest absolute Gasteiger partial charge is 0.202 e. The molecule has 1 aliphatic heterocycles. The highest BCUT2D eigenvalue weighted by atomic mass is 32.2. The fourth-order valence-corrected chi connectivity index (χ4v) is 4.26. The third-order valence-corrected chi connectivity index (χ3v) is 5.88. The predicted molar refractivity (Wildman–Crippen MR) is 92.5 cm³/mol. The predicted octanol–water partition coefficient (Wildman–Crippen LogP) is 5.17. The lowest BCUT2D eigenvalue weighted by Gasteiger charge is -2.06. The molecule has 3 nitrogen and oxygen atoms in total. The summed E-state index contributed by atoms with van der Waals surface area (Å²) in [4.78, 5) is 0.472. The molecule has 0 bridgehead atoms. The molecule has 2 heterocycles. The lowest BCUT2D eigenvalue weighted by molar-refractivity contribution is 0.534. The normalized spacial score (nSPS) is 15.3. The fourth-order valence-electron chi connectivity index (χ4n) is 3.08. The number of sulfone groups is 1. The number of nitrogens with zero attached hydrogens (tertiary/aromatic N) is 1. The topological polar surface area (TPSA) is 39.1 Å². The van der Waals surface area contributed by atoms with Crippen LogP contribution in [0.4, 0.5) is 0 Å². The standard InChI is InChI=1S/C18H29NO2S/c1-2-3-4-5-6-7-8-9-10-11-14-19-15-12-18-17(19)13-16-22(18,20)21/h12-13,15-16H,2-11,14H2,1H3. The monoisotopic (exact) mass is 323 g/mol. The van der Waals surface area contributed by atoms with Crippen LogP contribution in [0.5, 0.6) is 0 Å². The van der Waals surface area contributed by atoms with Gasteiger partial charge >= 0.3 is 0 Å². The molecule has 0 fully saturated rings. The van der Waals surface area contributed by atoms with Crippen molar-refractivity contribution in [1.29, 1.82) is 0 Å². The van der Waals surface area contributed by atoms with Gasteiger partial charge < -0.3 is 4.57 Å². The fraction of sp³-hybridized carbons (Fsp3) is 0.667. The molecule has 0 saturated heterocycles. The molecule has 124 valence electrons. The first-order chi connectivity index (χ1) is 10.6. The summed E-state index contributed by atoms with van der Waals surface area (Å²) < 4.78 is 25.5. The van der Waals surface area contributed by atoms with Crippen molar-refractivity contribution in [2.24, 2.45) is 0 Å². The molecule has 0 aromatic carbocycles. The van der Waals surface area contributed by atoms with E-state index in [1.54, 1.807) is 12.1 Å². The number of unbranched alkanes of at least 4 members (excludes halogenated alkanes) is 9. The lowest BCUT2D eigenvalue weighted by Crippen LogP contribution is -1.99. The van der Waals surface area contributed by atoms with E-state index >= 15 is 0 Å². The van der Waals surface area contributed by atoms with Crippen molar-refractivity contribution in [3.8, 4) is 0 Å². The molecule has 2 rings (SSSR count). The van der Waals surface area contributed by atoms with Crippen LogP contribution < -0.4 is 0 Å². The Morgan fingerprint density at radius 3 is 2.14 bits per heavy atom. The van der Waals surface area contributed by atoms with Crippen LogP contribution in [0.3, 0.4) is 0 Å². The van der Waals surface area contributed by atoms with E-state index in [4.69, 9.17) is 0 Å². The van der Waals surface area contributed by atoms with E-state index < -0.39 is 9.84 Å². The van der Waals surface area contributed by atoms with Gasteiger partial charge in [0.1, 0.15) is 0 Å². The maximum Gasteiger partial charge on any atom is 0.202 e. The minimum Gasteiger partial charge on any atom is -0.347 e. The highest BCUT2D eigenvalue weighted by molar-refractivity contribution is 7.94. The van der Waals surface area contributed by atoms with Crippen molar-refractivity contribution in [2.45, 2.75) is 82.6 Å². The second-order valence-electron chi connectivity index (χ2n) is 6.29. The van der Waals surface area contributed by atoms with Crippen LogP contribution >= 0.6 is 0 Å². The molecule has 0 spiro atoms. The van der Waals surface area contributed by atoms with Gasteiger partial charge in [0, 0.05) is 18.1 Å². The van der Waals surface area contributed by atoms with Gasteiger partial charge in [-0.3, -0.25) is 0 Å². The Morgan fingerprint density at radius 2 is 1.50 bits per heavy atom. The van der Waals surface area contributed by atoms with Gasteiger partial charge in [0.2, 0.25) is 9.84 Å². The Bertz CT molecular complexity index is 584.